The lowest BCUT2D eigenvalue weighted by Crippen LogP contribution is -2.32. The van der Waals surface area contributed by atoms with Crippen molar-refractivity contribution in [3.8, 4) is 0 Å². The third-order valence-corrected chi connectivity index (χ3v) is 3.38. The maximum atomic E-state index is 11.6. The quantitative estimate of drug-likeness (QED) is 0.331. The number of azide groups is 1. The fourth-order valence-electron chi connectivity index (χ4n) is 2.44. The predicted octanol–water partition coefficient (Wildman–Crippen LogP) is 1.46. The summed E-state index contributed by atoms with van der Waals surface area (Å²) in [5.74, 6) is -1.46. The molecule has 1 aliphatic carbocycles. The maximum Gasteiger partial charge on any atom is 0.333 e. The van der Waals surface area contributed by atoms with Gasteiger partial charge in [0.2, 0.25) is 0 Å². The molecule has 2 rings (SSSR count). The van der Waals surface area contributed by atoms with E-state index >= 15 is 0 Å². The topological polar surface area (TPSA) is 112 Å². The van der Waals surface area contributed by atoms with E-state index < -0.39 is 17.8 Å². The first kappa shape index (κ1) is 13.4. The van der Waals surface area contributed by atoms with E-state index in [0.29, 0.717) is 11.5 Å². The van der Waals surface area contributed by atoms with Gasteiger partial charge in [-0.05, 0) is 30.7 Å². The van der Waals surface area contributed by atoms with Crippen LogP contribution in [-0.2, 0) is 19.2 Å². The molecule has 1 aliphatic heterocycles. The highest BCUT2D eigenvalue weighted by Crippen LogP contribution is 2.31. The Morgan fingerprint density at radius 2 is 2.05 bits per heavy atom. The molecule has 0 bridgehead atoms. The monoisotopic (exact) mass is 266 g/mol. The number of hydrogen-bond acceptors (Lipinski definition) is 5. The van der Waals surface area contributed by atoms with Gasteiger partial charge in [-0.15, -0.1) is 5.06 Å². The third kappa shape index (κ3) is 3.23. The van der Waals surface area contributed by atoms with Gasteiger partial charge in [0.15, 0.2) is 0 Å². The Balaban J connectivity index is 1.80. The molecule has 8 heteroatoms. The molecule has 1 saturated carbocycles. The zero-order valence-electron chi connectivity index (χ0n) is 10.3. The first-order chi connectivity index (χ1) is 9.10. The normalized spacial score (nSPS) is 26.4. The first-order valence-corrected chi connectivity index (χ1v) is 6.21. The number of carbonyl (C=O) groups is 3. The molecule has 0 radical (unpaired) electrons. The minimum Gasteiger partial charge on any atom is -0.330 e. The molecule has 0 aromatic heterocycles. The number of hydrogen-bond donors (Lipinski definition) is 0. The van der Waals surface area contributed by atoms with Crippen molar-refractivity contribution in [2.45, 2.75) is 44.6 Å². The number of amides is 2. The smallest absolute Gasteiger partial charge is 0.330 e. The molecular formula is C11H14N4O4. The number of nitrogens with zero attached hydrogens (tertiary/aromatic N) is 4. The molecule has 0 aromatic rings. The van der Waals surface area contributed by atoms with E-state index in [0.717, 1.165) is 12.8 Å². The predicted molar refractivity (Wildman–Crippen MR) is 62.1 cm³/mol. The van der Waals surface area contributed by atoms with E-state index in [2.05, 4.69) is 10.0 Å². The minimum atomic E-state index is -0.588. The van der Waals surface area contributed by atoms with Crippen molar-refractivity contribution >= 4 is 17.8 Å². The summed E-state index contributed by atoms with van der Waals surface area (Å²) in [6.07, 6.45) is 2.49. The highest BCUT2D eigenvalue weighted by molar-refractivity contribution is 6.01. The Labute approximate surface area is 109 Å². The lowest BCUT2D eigenvalue weighted by Gasteiger charge is -2.14. The Hall–Kier alpha value is -2.08. The van der Waals surface area contributed by atoms with Gasteiger partial charge < -0.3 is 4.84 Å². The Morgan fingerprint density at radius 3 is 2.68 bits per heavy atom. The second-order valence-corrected chi connectivity index (χ2v) is 4.79. The van der Waals surface area contributed by atoms with Crippen LogP contribution in [0.1, 0.15) is 38.5 Å². The van der Waals surface area contributed by atoms with Crippen molar-refractivity contribution < 1.29 is 19.2 Å². The van der Waals surface area contributed by atoms with E-state index in [1.807, 2.05) is 0 Å². The minimum absolute atomic E-state index is 0.0714. The molecule has 102 valence electrons. The van der Waals surface area contributed by atoms with Crippen LogP contribution in [-0.4, -0.2) is 28.9 Å². The summed E-state index contributed by atoms with van der Waals surface area (Å²) < 4.78 is 0. The summed E-state index contributed by atoms with van der Waals surface area (Å²) in [4.78, 5) is 41.7. The van der Waals surface area contributed by atoms with Crippen LogP contribution in [0.4, 0.5) is 0 Å². The summed E-state index contributed by atoms with van der Waals surface area (Å²) >= 11 is 0. The van der Waals surface area contributed by atoms with E-state index in [1.165, 1.54) is 0 Å². The van der Waals surface area contributed by atoms with Crippen LogP contribution in [0.3, 0.4) is 0 Å². The van der Waals surface area contributed by atoms with Crippen molar-refractivity contribution in [1.29, 1.82) is 0 Å². The van der Waals surface area contributed by atoms with Crippen molar-refractivity contribution in [3.63, 3.8) is 0 Å². The SMILES string of the molecule is [N-]=[N+]=NC1CCC(CC(=O)ON2C(=O)CCC2=O)C1. The summed E-state index contributed by atoms with van der Waals surface area (Å²) in [7, 11) is 0. The van der Waals surface area contributed by atoms with Gasteiger partial charge in [0.25, 0.3) is 11.8 Å². The zero-order valence-corrected chi connectivity index (χ0v) is 10.3. The van der Waals surface area contributed by atoms with Crippen LogP contribution in [0, 0.1) is 5.92 Å². The molecule has 19 heavy (non-hydrogen) atoms. The molecule has 1 saturated heterocycles. The maximum absolute atomic E-state index is 11.6. The van der Waals surface area contributed by atoms with Crippen LogP contribution in [0.15, 0.2) is 5.11 Å². The molecule has 0 N–H and O–H groups in total. The van der Waals surface area contributed by atoms with E-state index in [9.17, 15) is 14.4 Å². The van der Waals surface area contributed by atoms with E-state index in [4.69, 9.17) is 10.4 Å². The lowest BCUT2D eigenvalue weighted by molar-refractivity contribution is -0.198. The molecular weight excluding hydrogens is 252 g/mol. The van der Waals surface area contributed by atoms with Crippen molar-refractivity contribution in [1.82, 2.24) is 5.06 Å². The number of rotatable bonds is 4. The average molecular weight is 266 g/mol. The largest absolute Gasteiger partial charge is 0.333 e. The van der Waals surface area contributed by atoms with Gasteiger partial charge in [0, 0.05) is 23.8 Å². The van der Waals surface area contributed by atoms with Gasteiger partial charge in [-0.1, -0.05) is 5.11 Å². The molecule has 2 unspecified atom stereocenters. The number of imide groups is 1. The first-order valence-electron chi connectivity index (χ1n) is 6.21. The molecule has 0 aromatic carbocycles. The molecule has 8 nitrogen and oxygen atoms in total. The summed E-state index contributed by atoms with van der Waals surface area (Å²) in [5, 5.41) is 4.18. The van der Waals surface area contributed by atoms with Crippen molar-refractivity contribution in [3.05, 3.63) is 10.4 Å². The number of carbonyl (C=O) groups excluding carboxylic acids is 3. The Kier molecular flexibility index (Phi) is 4.01. The van der Waals surface area contributed by atoms with Gasteiger partial charge in [-0.25, -0.2) is 4.79 Å². The molecule has 2 amide bonds. The van der Waals surface area contributed by atoms with Crippen LogP contribution >= 0.6 is 0 Å². The van der Waals surface area contributed by atoms with Crippen molar-refractivity contribution in [2.24, 2.45) is 11.0 Å². The molecule has 2 fully saturated rings. The van der Waals surface area contributed by atoms with Crippen LogP contribution < -0.4 is 0 Å². The molecule has 1 heterocycles. The van der Waals surface area contributed by atoms with Gasteiger partial charge >= 0.3 is 5.97 Å². The standard InChI is InChI=1S/C11H14N4O4/c12-14-13-8-2-1-7(5-8)6-11(18)19-15-9(16)3-4-10(15)17/h7-8H,1-6H2. The highest BCUT2D eigenvalue weighted by atomic mass is 16.7. The highest BCUT2D eigenvalue weighted by Gasteiger charge is 2.34. The summed E-state index contributed by atoms with van der Waals surface area (Å²) in [6.45, 7) is 0. The molecule has 2 aliphatic rings. The number of hydroxylamine groups is 2. The molecule has 0 spiro atoms. The zero-order chi connectivity index (χ0) is 13.8. The van der Waals surface area contributed by atoms with E-state index in [-0.39, 0.29) is 31.2 Å². The Bertz CT molecular complexity index is 442. The second-order valence-electron chi connectivity index (χ2n) is 4.79. The third-order valence-electron chi connectivity index (χ3n) is 3.38. The lowest BCUT2D eigenvalue weighted by atomic mass is 10.0. The van der Waals surface area contributed by atoms with Crippen molar-refractivity contribution in [2.75, 3.05) is 0 Å². The summed E-state index contributed by atoms with van der Waals surface area (Å²) in [5.41, 5.74) is 8.33. The summed E-state index contributed by atoms with van der Waals surface area (Å²) in [6, 6.07) is -0.0714. The van der Waals surface area contributed by atoms with Crippen LogP contribution in [0.5, 0.6) is 0 Å². The average Bonchev–Trinajstić information content (AvgIpc) is 2.91. The molecule has 2 atom stereocenters. The van der Waals surface area contributed by atoms with Crippen LogP contribution in [0.25, 0.3) is 10.4 Å². The fourth-order valence-corrected chi connectivity index (χ4v) is 2.44. The second kappa shape index (κ2) is 5.71. The Morgan fingerprint density at radius 1 is 1.37 bits per heavy atom. The fraction of sp³-hybridized carbons (Fsp3) is 0.727. The van der Waals surface area contributed by atoms with Gasteiger partial charge in [0.05, 0.1) is 6.42 Å². The van der Waals surface area contributed by atoms with Gasteiger partial charge in [-0.2, -0.15) is 0 Å². The van der Waals surface area contributed by atoms with Gasteiger partial charge in [0.1, 0.15) is 0 Å². The van der Waals surface area contributed by atoms with Crippen LogP contribution in [0.2, 0.25) is 0 Å². The van der Waals surface area contributed by atoms with Gasteiger partial charge in [-0.3, -0.25) is 9.59 Å². The van der Waals surface area contributed by atoms with E-state index in [1.54, 1.807) is 0 Å².